The maximum Gasteiger partial charge on any atom is 0.0673 e. The first kappa shape index (κ1) is 51.8. The van der Waals surface area contributed by atoms with Crippen molar-refractivity contribution in [2.75, 3.05) is 0 Å². The summed E-state index contributed by atoms with van der Waals surface area (Å²) in [6, 6.07) is 4.32. The van der Waals surface area contributed by atoms with Gasteiger partial charge in [0.1, 0.15) is 0 Å². The number of unbranched alkanes of at least 4 members (excludes halogenated alkanes) is 26. The molecule has 0 aromatic carbocycles. The summed E-state index contributed by atoms with van der Waals surface area (Å²) < 4.78 is 0. The molecule has 0 aliphatic carbocycles. The van der Waals surface area contributed by atoms with Gasteiger partial charge in [-0.05, 0) is 98.3 Å². The molecule has 5 heterocycles. The Labute approximate surface area is 394 Å². The molecule has 4 unspecified atom stereocenters. The number of fused-ring (bicyclic) bond motifs is 6. The second-order valence-corrected chi connectivity index (χ2v) is 20.5. The minimum Gasteiger partial charge on any atom is -0.375 e. The Morgan fingerprint density at radius 3 is 1.30 bits per heavy atom. The largest absolute Gasteiger partial charge is 0.375 e. The number of nitrogens with zero attached hydrogens (tertiary/aromatic N) is 2. The normalized spacial score (nSPS) is 19.7. The van der Waals surface area contributed by atoms with Crippen LogP contribution in [0.5, 0.6) is 0 Å². The van der Waals surface area contributed by atoms with Crippen LogP contribution in [0.1, 0.15) is 246 Å². The molecule has 0 fully saturated rings. The zero-order chi connectivity index (χ0) is 44.9. The van der Waals surface area contributed by atoms with E-state index in [-0.39, 0.29) is 5.54 Å². The molecule has 4 aliphatic heterocycles. The Morgan fingerprint density at radius 1 is 0.453 bits per heavy atom. The van der Waals surface area contributed by atoms with Gasteiger partial charge in [-0.3, -0.25) is 0 Å². The molecular weight excluding hydrogens is 777 g/mol. The fourth-order valence-electron chi connectivity index (χ4n) is 11.3. The predicted molar refractivity (Wildman–Crippen MR) is 282 cm³/mol. The molecule has 0 saturated heterocycles. The van der Waals surface area contributed by atoms with Crippen LogP contribution in [0, 0.1) is 17.8 Å². The summed E-state index contributed by atoms with van der Waals surface area (Å²) in [6.45, 7) is 9.35. The lowest BCUT2D eigenvalue weighted by Gasteiger charge is -2.45. The summed E-state index contributed by atoms with van der Waals surface area (Å²) in [5, 5.41) is 6.61. The lowest BCUT2D eigenvalue weighted by Crippen LogP contribution is -2.53. The van der Waals surface area contributed by atoms with E-state index in [4.69, 9.17) is 9.98 Å². The SMILES string of the molecule is CCCCCCCCCCCC(CCCCCCCC)C1C=C2C=C3C=CC(=N3)C=c3ccc([nH]3)=CC3=NC(=CC1(C(CCCCCCCC)CCCCCCCCCCC)N2)C=C3. The van der Waals surface area contributed by atoms with Crippen molar-refractivity contribution in [2.24, 2.45) is 27.7 Å². The third-order valence-corrected chi connectivity index (χ3v) is 15.0. The molecule has 2 N–H and O–H groups in total. The number of nitrogens with one attached hydrogen (secondary N) is 2. The standard InChI is InChI=1S/C60H96N4/c1-5-9-13-17-21-23-25-28-32-36-50(35-31-27-19-15-11-7-3)59-48-58-47-56-42-41-53(62-56)45-52-39-40-54(61-52)46-55-43-44-57(63-55)49-60(59,64-58)51(37-33-29-20-16-12-8-4)38-34-30-26-24-22-18-14-10-6-2/h39-51,59,61,64H,5-38H2,1-4H3. The van der Waals surface area contributed by atoms with Crippen LogP contribution < -0.4 is 16.0 Å². The molecule has 0 radical (unpaired) electrons. The second-order valence-electron chi connectivity index (χ2n) is 20.5. The summed E-state index contributed by atoms with van der Waals surface area (Å²) in [6.07, 6.45) is 67.6. The van der Waals surface area contributed by atoms with Crippen LogP contribution in [0.2, 0.25) is 0 Å². The van der Waals surface area contributed by atoms with Crippen LogP contribution in [0.3, 0.4) is 0 Å². The zero-order valence-corrected chi connectivity index (χ0v) is 42.0. The summed E-state index contributed by atoms with van der Waals surface area (Å²) in [4.78, 5) is 14.2. The number of aromatic amines is 1. The first-order valence-corrected chi connectivity index (χ1v) is 27.9. The Morgan fingerprint density at radius 2 is 0.844 bits per heavy atom. The summed E-state index contributed by atoms with van der Waals surface area (Å²) in [7, 11) is 0. The highest BCUT2D eigenvalue weighted by atomic mass is 15.0. The van der Waals surface area contributed by atoms with Gasteiger partial charge in [0.2, 0.25) is 0 Å². The minimum absolute atomic E-state index is 0.196. The van der Waals surface area contributed by atoms with Crippen LogP contribution in [-0.4, -0.2) is 21.9 Å². The maximum absolute atomic E-state index is 5.40. The topological polar surface area (TPSA) is 52.5 Å². The molecule has 5 rings (SSSR count). The third-order valence-electron chi connectivity index (χ3n) is 15.0. The molecule has 0 saturated carbocycles. The Bertz CT molecular complexity index is 1790. The van der Waals surface area contributed by atoms with E-state index < -0.39 is 0 Å². The Kier molecular flexibility index (Phi) is 25.1. The molecular formula is C60H96N4. The molecule has 4 nitrogen and oxygen atoms in total. The monoisotopic (exact) mass is 873 g/mol. The van der Waals surface area contributed by atoms with Crippen LogP contribution in [0.4, 0.5) is 0 Å². The van der Waals surface area contributed by atoms with Gasteiger partial charge < -0.3 is 10.3 Å². The van der Waals surface area contributed by atoms with Gasteiger partial charge in [-0.2, -0.15) is 0 Å². The van der Waals surface area contributed by atoms with E-state index in [9.17, 15) is 0 Å². The molecule has 4 heteroatoms. The predicted octanol–water partition coefficient (Wildman–Crippen LogP) is 16.8. The van der Waals surface area contributed by atoms with Gasteiger partial charge in [-0.25, -0.2) is 9.98 Å². The van der Waals surface area contributed by atoms with Gasteiger partial charge in [-0.15, -0.1) is 0 Å². The fourth-order valence-corrected chi connectivity index (χ4v) is 11.3. The van der Waals surface area contributed by atoms with Crippen LogP contribution in [0.25, 0.3) is 12.2 Å². The quantitative estimate of drug-likeness (QED) is 0.0649. The van der Waals surface area contributed by atoms with Crippen LogP contribution >= 0.6 is 0 Å². The third kappa shape index (κ3) is 18.3. The van der Waals surface area contributed by atoms with Crippen molar-refractivity contribution in [1.29, 1.82) is 0 Å². The van der Waals surface area contributed by atoms with E-state index >= 15 is 0 Å². The van der Waals surface area contributed by atoms with Crippen molar-refractivity contribution in [1.82, 2.24) is 10.3 Å². The summed E-state index contributed by atoms with van der Waals surface area (Å²) in [5.41, 5.74) is 5.31. The number of hydrogen-bond acceptors (Lipinski definition) is 3. The minimum atomic E-state index is -0.196. The molecule has 1 aromatic heterocycles. The molecule has 356 valence electrons. The molecule has 0 spiro atoms. The first-order chi connectivity index (χ1) is 31.6. The number of aliphatic imine (C=N–C) groups is 2. The van der Waals surface area contributed by atoms with Gasteiger partial charge in [0.25, 0.3) is 0 Å². The summed E-state index contributed by atoms with van der Waals surface area (Å²) in [5.74, 6) is 1.59. The molecule has 1 aromatic rings. The number of H-pyrrole nitrogens is 1. The van der Waals surface area contributed by atoms with E-state index in [1.165, 1.54) is 224 Å². The molecule has 4 atom stereocenters. The number of allylic oxidation sites excluding steroid dienone is 5. The number of aromatic nitrogens is 1. The smallest absolute Gasteiger partial charge is 0.0673 e. The van der Waals surface area contributed by atoms with Crippen molar-refractivity contribution in [2.45, 2.75) is 252 Å². The molecule has 0 amide bonds. The van der Waals surface area contributed by atoms with Gasteiger partial charge in [0.15, 0.2) is 0 Å². The number of rotatable bonds is 36. The average Bonchev–Trinajstić information content (AvgIpc) is 4.12. The van der Waals surface area contributed by atoms with Crippen LogP contribution in [-0.2, 0) is 0 Å². The van der Waals surface area contributed by atoms with Crippen molar-refractivity contribution >= 4 is 23.6 Å². The van der Waals surface area contributed by atoms with Gasteiger partial charge in [-0.1, -0.05) is 226 Å². The van der Waals surface area contributed by atoms with E-state index in [1.54, 1.807) is 0 Å². The highest BCUT2D eigenvalue weighted by Gasteiger charge is 2.49. The van der Waals surface area contributed by atoms with E-state index in [0.29, 0.717) is 17.8 Å². The second kappa shape index (κ2) is 30.9. The molecule has 4 aliphatic rings. The highest BCUT2D eigenvalue weighted by Crippen LogP contribution is 2.48. The number of hydrogen-bond donors (Lipinski definition) is 2. The van der Waals surface area contributed by atoms with Gasteiger partial charge >= 0.3 is 0 Å². The first-order valence-electron chi connectivity index (χ1n) is 27.9. The van der Waals surface area contributed by atoms with E-state index in [0.717, 1.165) is 33.5 Å². The van der Waals surface area contributed by atoms with E-state index in [1.807, 2.05) is 0 Å². The van der Waals surface area contributed by atoms with Gasteiger partial charge in [0, 0.05) is 22.3 Å². The van der Waals surface area contributed by atoms with Crippen LogP contribution in [0.15, 0.2) is 81.7 Å². The Balaban J connectivity index is 1.51. The average molecular weight is 873 g/mol. The lowest BCUT2D eigenvalue weighted by atomic mass is 9.64. The highest BCUT2D eigenvalue weighted by molar-refractivity contribution is 6.20. The van der Waals surface area contributed by atoms with Gasteiger partial charge in [0.05, 0.1) is 28.4 Å². The Hall–Kier alpha value is -3.14. The molecule has 64 heavy (non-hydrogen) atoms. The zero-order valence-electron chi connectivity index (χ0n) is 42.0. The fraction of sp³-hybridized carbons (Fsp3) is 0.700. The van der Waals surface area contributed by atoms with Crippen molar-refractivity contribution < 1.29 is 0 Å². The van der Waals surface area contributed by atoms with Crippen molar-refractivity contribution in [3.63, 3.8) is 0 Å². The van der Waals surface area contributed by atoms with E-state index in [2.05, 4.69) is 105 Å². The van der Waals surface area contributed by atoms with Crippen molar-refractivity contribution in [3.05, 3.63) is 82.5 Å². The van der Waals surface area contributed by atoms with Crippen molar-refractivity contribution in [3.8, 4) is 0 Å². The lowest BCUT2D eigenvalue weighted by molar-refractivity contribution is 0.150. The maximum atomic E-state index is 5.40. The molecule has 8 bridgehead atoms. The summed E-state index contributed by atoms with van der Waals surface area (Å²) >= 11 is 0.